The number of piperidine rings is 5. The maximum atomic E-state index is 5.56. The van der Waals surface area contributed by atoms with E-state index >= 15 is 0 Å². The molecule has 514 valence electrons. The fraction of sp³-hybridized carbons (Fsp3) is 0.866. The summed E-state index contributed by atoms with van der Waals surface area (Å²) < 4.78 is 0. The molecule has 5 aliphatic rings. The fourth-order valence-corrected chi connectivity index (χ4v) is 16.8. The number of aromatic nitrogens is 9. The molecule has 0 unspecified atom stereocenters. The van der Waals surface area contributed by atoms with Gasteiger partial charge in [0.1, 0.15) is 5.82 Å². The lowest BCUT2D eigenvalue weighted by atomic mass is 9.79. The summed E-state index contributed by atoms with van der Waals surface area (Å²) in [5, 5.41) is 26.7. The molecule has 0 spiro atoms. The van der Waals surface area contributed by atoms with Gasteiger partial charge in [0.25, 0.3) is 0 Å². The first-order chi connectivity index (χ1) is 39.7. The summed E-state index contributed by atoms with van der Waals surface area (Å²) in [5.74, 6) is 5.21. The average Bonchev–Trinajstić information content (AvgIpc) is 0.801. The van der Waals surface area contributed by atoms with Gasteiger partial charge >= 0.3 is 0 Å². The first-order valence-electron chi connectivity index (χ1n) is 32.5. The highest BCUT2D eigenvalue weighted by Crippen LogP contribution is 2.39. The van der Waals surface area contributed by atoms with Crippen molar-refractivity contribution in [1.29, 1.82) is 0 Å². The van der Waals surface area contributed by atoms with Crippen molar-refractivity contribution in [1.82, 2.24) is 76.8 Å². The van der Waals surface area contributed by atoms with E-state index in [9.17, 15) is 0 Å². The van der Waals surface area contributed by atoms with Crippen molar-refractivity contribution in [3.05, 3.63) is 5.82 Å². The Morgan fingerprint density at radius 3 is 0.767 bits per heavy atom. The Balaban J connectivity index is 0.00000491. The van der Waals surface area contributed by atoms with Crippen LogP contribution in [0.25, 0.3) is 0 Å². The molecule has 5 saturated heterocycles. The van der Waals surface area contributed by atoms with E-state index in [2.05, 4.69) is 245 Å². The lowest BCUT2D eigenvalue weighted by Gasteiger charge is -2.49. The van der Waals surface area contributed by atoms with Crippen LogP contribution in [-0.2, 0) is 0 Å². The predicted octanol–water partition coefficient (Wildman–Crippen LogP) is 9.70. The molecule has 5 fully saturated rings. The van der Waals surface area contributed by atoms with Gasteiger partial charge in [-0.25, -0.2) is 0 Å². The third-order valence-corrected chi connectivity index (χ3v) is 18.8. The minimum Gasteiger partial charge on any atom is -0.341 e. The zero-order valence-electron chi connectivity index (χ0n) is 59.2. The molecular formula is C67H131N23. The highest BCUT2D eigenvalue weighted by Gasteiger charge is 2.46. The molecule has 0 aliphatic carbocycles. The number of nitrogens with zero attached hydrogens (tertiary/aromatic N) is 16. The monoisotopic (exact) mass is 1260 g/mol. The highest BCUT2D eigenvalue weighted by molar-refractivity contribution is 5.52. The van der Waals surface area contributed by atoms with Crippen LogP contribution in [0.15, 0.2) is 0 Å². The standard InChI is InChI=1S/C64H119N23.3CH4/c1-41-67-47(69-48(68-41)81(23)42-28-55(2,3)76-56(4,5)29-42)66-39-87(54-74-51(84(26)45-34-61(14,15)79-62(16,17)35-45)71-52(75-54)85(27)46-36-63(18,19)80-64(20,21)37-46)40-86(38-65-22)53-72-49(82(24)43-30-57(6,7)77-58(8,9)31-43)70-50(73-53)83(25)44-32-59(10,11)78-60(12,13)33-44;;;/h42-46,65,76-80H,28-40H2,1-27H3,(H,66,67,68,69);3*1H4. The summed E-state index contributed by atoms with van der Waals surface area (Å²) >= 11 is 0. The van der Waals surface area contributed by atoms with Gasteiger partial charge in [-0.15, -0.1) is 0 Å². The fourth-order valence-electron chi connectivity index (χ4n) is 16.8. The van der Waals surface area contributed by atoms with Gasteiger partial charge in [0.2, 0.25) is 47.6 Å². The van der Waals surface area contributed by atoms with Crippen LogP contribution in [0, 0.1) is 6.92 Å². The number of hydrogen-bond donors (Lipinski definition) is 7. The Bertz CT molecular complexity index is 2660. The Hall–Kier alpha value is -4.81. The molecule has 7 N–H and O–H groups in total. The summed E-state index contributed by atoms with van der Waals surface area (Å²) in [7, 11) is 12.7. The Morgan fingerprint density at radius 2 is 0.533 bits per heavy atom. The number of hydrogen-bond acceptors (Lipinski definition) is 23. The quantitative estimate of drug-likeness (QED) is 0.0555. The Labute approximate surface area is 547 Å². The van der Waals surface area contributed by atoms with Gasteiger partial charge in [-0.2, -0.15) is 44.9 Å². The molecule has 3 aromatic rings. The second-order valence-corrected chi connectivity index (χ2v) is 33.9. The molecule has 23 heteroatoms. The largest absolute Gasteiger partial charge is 0.341 e. The SMILES string of the molecule is C.C.C.CNCN(CN(CNc1nc(C)nc(N(C)C2CC(C)(C)NC(C)(C)C2)n1)c1nc(N(C)C2CC(C)(C)NC(C)(C)C2)nc(N(C)C2CC(C)(C)NC(C)(C)C2)n1)c1nc(N(C)C2CC(C)(C)NC(C)(C)C2)nc(N(C)C2CC(C)(C)NC(C)(C)C2)n1. The van der Waals surface area contributed by atoms with Gasteiger partial charge in [-0.1, -0.05) is 22.3 Å². The Morgan fingerprint density at radius 1 is 0.322 bits per heavy atom. The molecule has 0 aromatic carbocycles. The average molecular weight is 1260 g/mol. The summed E-state index contributed by atoms with van der Waals surface area (Å²) in [5.41, 5.74) is -1.02. The third kappa shape index (κ3) is 19.2. The number of anilines is 8. The molecule has 3 aromatic heterocycles. The number of aryl methyl sites for hydroxylation is 1. The molecule has 5 aliphatic heterocycles. The lowest BCUT2D eigenvalue weighted by Crippen LogP contribution is -2.62. The first-order valence-corrected chi connectivity index (χ1v) is 32.5. The second-order valence-electron chi connectivity index (χ2n) is 33.9. The topological polar surface area (TPSA) is 223 Å². The normalized spacial score (nSPS) is 23.2. The zero-order valence-corrected chi connectivity index (χ0v) is 59.2. The van der Waals surface area contributed by atoms with Gasteiger partial charge in [0, 0.05) is 121 Å². The molecule has 0 atom stereocenters. The van der Waals surface area contributed by atoms with Gasteiger partial charge in [0.15, 0.2) is 0 Å². The maximum absolute atomic E-state index is 5.56. The van der Waals surface area contributed by atoms with E-state index in [0.717, 1.165) is 64.2 Å². The van der Waals surface area contributed by atoms with Crippen molar-refractivity contribution in [3.63, 3.8) is 0 Å². The van der Waals surface area contributed by atoms with E-state index in [1.807, 2.05) is 14.0 Å². The van der Waals surface area contributed by atoms with E-state index in [4.69, 9.17) is 44.9 Å². The van der Waals surface area contributed by atoms with Gasteiger partial charge in [-0.3, -0.25) is 0 Å². The van der Waals surface area contributed by atoms with E-state index in [0.29, 0.717) is 60.1 Å². The molecule has 0 bridgehead atoms. The van der Waals surface area contributed by atoms with E-state index in [1.54, 1.807) is 0 Å². The second kappa shape index (κ2) is 26.9. The summed E-state index contributed by atoms with van der Waals surface area (Å²) in [6, 6.07) is 0.787. The number of nitrogens with one attached hydrogen (secondary N) is 7. The van der Waals surface area contributed by atoms with E-state index in [1.165, 1.54) is 0 Å². The van der Waals surface area contributed by atoms with Crippen LogP contribution in [-0.4, -0.2) is 193 Å². The van der Waals surface area contributed by atoms with Crippen molar-refractivity contribution in [2.24, 2.45) is 0 Å². The minimum absolute atomic E-state index is 0. The molecule has 0 saturated carbocycles. The van der Waals surface area contributed by atoms with Crippen LogP contribution in [0.3, 0.4) is 0 Å². The number of rotatable bonds is 19. The first kappa shape index (κ1) is 75.9. The van der Waals surface area contributed by atoms with Crippen LogP contribution >= 0.6 is 0 Å². The van der Waals surface area contributed by atoms with Gasteiger partial charge in [0.05, 0.1) is 20.0 Å². The maximum Gasteiger partial charge on any atom is 0.234 e. The van der Waals surface area contributed by atoms with Crippen LogP contribution in [0.5, 0.6) is 0 Å². The smallest absolute Gasteiger partial charge is 0.234 e. The molecular weight excluding hydrogens is 1130 g/mol. The molecule has 0 radical (unpaired) electrons. The predicted molar refractivity (Wildman–Crippen MR) is 380 cm³/mol. The van der Waals surface area contributed by atoms with E-state index in [-0.39, 0.29) is 121 Å². The van der Waals surface area contributed by atoms with Gasteiger partial charge < -0.3 is 71.5 Å². The summed E-state index contributed by atoms with van der Waals surface area (Å²) in [4.78, 5) is 63.9. The summed E-state index contributed by atoms with van der Waals surface area (Å²) in [6.07, 6.45) is 9.19. The van der Waals surface area contributed by atoms with Crippen molar-refractivity contribution >= 4 is 47.6 Å². The van der Waals surface area contributed by atoms with Crippen molar-refractivity contribution < 1.29 is 0 Å². The van der Waals surface area contributed by atoms with Gasteiger partial charge in [-0.05, 0) is 217 Å². The summed E-state index contributed by atoms with van der Waals surface area (Å²) in [6.45, 7) is 48.7. The van der Waals surface area contributed by atoms with Crippen molar-refractivity contribution in [2.45, 2.75) is 317 Å². The molecule has 23 nitrogen and oxygen atoms in total. The molecule has 8 rings (SSSR count). The molecule has 0 amide bonds. The van der Waals surface area contributed by atoms with Crippen LogP contribution < -0.4 is 71.5 Å². The third-order valence-electron chi connectivity index (χ3n) is 18.8. The lowest BCUT2D eigenvalue weighted by molar-refractivity contribution is 0.159. The van der Waals surface area contributed by atoms with Crippen LogP contribution in [0.4, 0.5) is 47.6 Å². The minimum atomic E-state index is -0.118. The van der Waals surface area contributed by atoms with E-state index < -0.39 is 0 Å². The van der Waals surface area contributed by atoms with Crippen LogP contribution in [0.1, 0.15) is 231 Å². The zero-order chi connectivity index (χ0) is 64.6. The molecule has 8 heterocycles. The molecule has 90 heavy (non-hydrogen) atoms. The van der Waals surface area contributed by atoms with Crippen molar-refractivity contribution in [2.75, 3.05) is 102 Å². The Kier molecular flexibility index (Phi) is 22.7. The highest BCUT2D eigenvalue weighted by atomic mass is 15.5. The van der Waals surface area contributed by atoms with Crippen molar-refractivity contribution in [3.8, 4) is 0 Å². The van der Waals surface area contributed by atoms with Crippen LogP contribution in [0.2, 0.25) is 0 Å².